The van der Waals surface area contributed by atoms with Crippen LogP contribution in [0.2, 0.25) is 5.02 Å². The van der Waals surface area contributed by atoms with E-state index in [1.807, 2.05) is 20.1 Å². The highest BCUT2D eigenvalue weighted by Crippen LogP contribution is 2.47. The zero-order chi connectivity index (χ0) is 43.2. The largest absolute Gasteiger partial charge is 0.435 e. The van der Waals surface area contributed by atoms with Crippen LogP contribution < -0.4 is 10.0 Å². The number of benzene rings is 2. The molecule has 1 aliphatic carbocycles. The summed E-state index contributed by atoms with van der Waals surface area (Å²) in [4.78, 5) is 18.7. The first-order valence-electron chi connectivity index (χ1n) is 17.7. The van der Waals surface area contributed by atoms with Crippen molar-refractivity contribution in [2.45, 2.75) is 81.9 Å². The third-order valence-corrected chi connectivity index (χ3v) is 11.2. The predicted octanol–water partition coefficient (Wildman–Crippen LogP) is 10.2. The van der Waals surface area contributed by atoms with Crippen LogP contribution in [-0.4, -0.2) is 53.6 Å². The number of nitrogens with zero attached hydrogens (tertiary/aromatic N) is 5. The van der Waals surface area contributed by atoms with Gasteiger partial charge in [0.2, 0.25) is 5.91 Å². The van der Waals surface area contributed by atoms with E-state index in [2.05, 4.69) is 32.1 Å². The van der Waals surface area contributed by atoms with E-state index in [-0.39, 0.29) is 49.8 Å². The molecule has 3 aromatic heterocycles. The Bertz CT molecular complexity index is 2470. The molecule has 1 amide bonds. The first kappa shape index (κ1) is 44.0. The van der Waals surface area contributed by atoms with Gasteiger partial charge in [-0.05, 0) is 74.8 Å². The van der Waals surface area contributed by atoms with Crippen LogP contribution in [0.15, 0.2) is 42.5 Å². The minimum absolute atomic E-state index is 0.00481. The van der Waals surface area contributed by atoms with E-state index in [0.717, 1.165) is 28.8 Å². The molecule has 20 heteroatoms. The van der Waals surface area contributed by atoms with E-state index < -0.39 is 95.7 Å². The molecule has 2 aromatic carbocycles. The number of anilines is 1. The summed E-state index contributed by atoms with van der Waals surface area (Å²) < 4.78 is 134. The van der Waals surface area contributed by atoms with Crippen molar-refractivity contribution < 1.29 is 44.3 Å². The number of carbonyl (C=O) groups is 1. The molecule has 5 aromatic rings. The van der Waals surface area contributed by atoms with Gasteiger partial charge in [-0.2, -0.15) is 32.1 Å². The van der Waals surface area contributed by atoms with Crippen LogP contribution in [0.3, 0.4) is 0 Å². The standard InChI is InChI=1S/C39H35ClF9N7OS2/c1-36(2,58-4)12-10-23-6-7-24(25-8-9-27(40)30-32(25)56(19-37(3,43)44)53-35(30)54-59-5)31(50-23)28(16-20-14-21(41)17-22(42)15-20)51-29(57)18-55-34-26(11-13-38(34,45)46)33(52-55)39(47,48)49/h6-9,14-15,17,28H,11,13,16,18-19H2,1-5H3,(H,51,57)(H,53,54). The molecule has 0 fully saturated rings. The van der Waals surface area contributed by atoms with Crippen LogP contribution >= 0.6 is 35.3 Å². The zero-order valence-electron chi connectivity index (χ0n) is 31.9. The number of nitrogens with one attached hydrogen (secondary N) is 2. The van der Waals surface area contributed by atoms with Gasteiger partial charge in [-0.3, -0.25) is 14.2 Å². The number of amides is 1. The van der Waals surface area contributed by atoms with Crippen molar-refractivity contribution in [2.75, 3.05) is 17.2 Å². The van der Waals surface area contributed by atoms with Gasteiger partial charge in [0.15, 0.2) is 11.5 Å². The fraction of sp³-hybridized carbons (Fsp3) is 0.385. The molecule has 8 nitrogen and oxygen atoms in total. The van der Waals surface area contributed by atoms with Gasteiger partial charge in [-0.25, -0.2) is 22.5 Å². The average Bonchev–Trinajstić information content (AvgIpc) is 3.78. The smallest absolute Gasteiger partial charge is 0.346 e. The molecule has 0 saturated carbocycles. The number of carbonyl (C=O) groups excluding carboxylic acids is 1. The van der Waals surface area contributed by atoms with Crippen molar-refractivity contribution >= 4 is 57.9 Å². The SMILES string of the molecule is CSNc1nn(CC(C)(F)F)c2c(-c3ccc(C#CC(C)(C)SC)nc3C(Cc3cc(F)cc(F)c3)NC(=O)Cn3nc(C(F)(F)F)c4c3C(F)(F)CC4)ccc(Cl)c12. The van der Waals surface area contributed by atoms with Crippen LogP contribution in [0.1, 0.15) is 67.1 Å². The molecule has 0 saturated heterocycles. The highest BCUT2D eigenvalue weighted by atomic mass is 35.5. The minimum atomic E-state index is -5.09. The topological polar surface area (TPSA) is 89.7 Å². The minimum Gasteiger partial charge on any atom is -0.346 e. The Hall–Kier alpha value is -4.54. The van der Waals surface area contributed by atoms with Crippen molar-refractivity contribution in [3.05, 3.63) is 93.0 Å². The second kappa shape index (κ2) is 16.5. The summed E-state index contributed by atoms with van der Waals surface area (Å²) in [7, 11) is 0. The molecular weight excluding hydrogens is 853 g/mol. The molecule has 0 spiro atoms. The Morgan fingerprint density at radius 2 is 1.66 bits per heavy atom. The number of rotatable bonds is 12. The Labute approximate surface area is 346 Å². The second-order valence-electron chi connectivity index (χ2n) is 14.4. The van der Waals surface area contributed by atoms with E-state index in [1.165, 1.54) is 30.0 Å². The summed E-state index contributed by atoms with van der Waals surface area (Å²) in [5.41, 5.74) is -2.65. The van der Waals surface area contributed by atoms with E-state index in [0.29, 0.717) is 17.7 Å². The number of thioether (sulfide) groups is 1. The lowest BCUT2D eigenvalue weighted by molar-refractivity contribution is -0.142. The number of hydrogen-bond donors (Lipinski definition) is 2. The Morgan fingerprint density at radius 1 is 0.983 bits per heavy atom. The quantitative estimate of drug-likeness (QED) is 0.0733. The van der Waals surface area contributed by atoms with Crippen molar-refractivity contribution in [1.29, 1.82) is 0 Å². The van der Waals surface area contributed by atoms with Crippen molar-refractivity contribution in [2.24, 2.45) is 0 Å². The summed E-state index contributed by atoms with van der Waals surface area (Å²) in [5.74, 6) is -3.82. The molecule has 0 bridgehead atoms. The number of pyridine rings is 1. The van der Waals surface area contributed by atoms with Gasteiger partial charge >= 0.3 is 6.18 Å². The van der Waals surface area contributed by atoms with Crippen LogP contribution in [0.25, 0.3) is 22.0 Å². The summed E-state index contributed by atoms with van der Waals surface area (Å²) in [6.45, 7) is 2.42. The van der Waals surface area contributed by atoms with Gasteiger partial charge in [0.05, 0.1) is 32.4 Å². The van der Waals surface area contributed by atoms with Gasteiger partial charge in [0.1, 0.15) is 36.1 Å². The summed E-state index contributed by atoms with van der Waals surface area (Å²) in [6.07, 6.45) is -3.51. The number of halogens is 10. The van der Waals surface area contributed by atoms with Crippen LogP contribution in [0, 0.1) is 23.5 Å². The van der Waals surface area contributed by atoms with Crippen LogP contribution in [-0.2, 0) is 42.8 Å². The van der Waals surface area contributed by atoms with Gasteiger partial charge in [-0.1, -0.05) is 35.5 Å². The first-order valence-corrected chi connectivity index (χ1v) is 20.6. The monoisotopic (exact) mass is 887 g/mol. The molecule has 3 heterocycles. The number of alkyl halides is 7. The zero-order valence-corrected chi connectivity index (χ0v) is 34.3. The van der Waals surface area contributed by atoms with Gasteiger partial charge in [-0.15, -0.1) is 11.8 Å². The number of aromatic nitrogens is 5. The molecular formula is C39H35ClF9N7OS2. The normalized spacial score (nSPS) is 14.6. The highest BCUT2D eigenvalue weighted by Gasteiger charge is 2.50. The van der Waals surface area contributed by atoms with Crippen molar-refractivity contribution in [3.8, 4) is 23.0 Å². The van der Waals surface area contributed by atoms with Gasteiger partial charge < -0.3 is 10.0 Å². The van der Waals surface area contributed by atoms with E-state index in [1.54, 1.807) is 12.3 Å². The van der Waals surface area contributed by atoms with Crippen LogP contribution in [0.4, 0.5) is 45.3 Å². The summed E-state index contributed by atoms with van der Waals surface area (Å²) in [6, 6.07) is 7.28. The number of fused-ring (bicyclic) bond motifs is 2. The Kier molecular flexibility index (Phi) is 12.3. The Balaban J connectivity index is 1.57. The molecule has 1 atom stereocenters. The highest BCUT2D eigenvalue weighted by molar-refractivity contribution is 8.00. The third-order valence-electron chi connectivity index (χ3n) is 9.36. The fourth-order valence-corrected chi connectivity index (χ4v) is 7.52. The molecule has 1 unspecified atom stereocenters. The molecule has 6 rings (SSSR count). The van der Waals surface area contributed by atoms with E-state index in [4.69, 9.17) is 16.6 Å². The average molecular weight is 888 g/mol. The van der Waals surface area contributed by atoms with E-state index >= 15 is 8.78 Å². The first-order chi connectivity index (χ1) is 27.5. The van der Waals surface area contributed by atoms with Crippen molar-refractivity contribution in [1.82, 2.24) is 29.9 Å². The lowest BCUT2D eigenvalue weighted by atomic mass is 9.93. The van der Waals surface area contributed by atoms with Crippen molar-refractivity contribution in [3.63, 3.8) is 0 Å². The Morgan fingerprint density at radius 3 is 2.29 bits per heavy atom. The third kappa shape index (κ3) is 9.76. The lowest BCUT2D eigenvalue weighted by Crippen LogP contribution is -2.35. The fourth-order valence-electron chi connectivity index (χ4n) is 6.79. The predicted molar refractivity (Wildman–Crippen MR) is 211 cm³/mol. The molecule has 0 radical (unpaired) electrons. The number of hydrogen-bond acceptors (Lipinski definition) is 7. The molecule has 59 heavy (non-hydrogen) atoms. The molecule has 314 valence electrons. The van der Waals surface area contributed by atoms with Gasteiger partial charge in [0, 0.05) is 42.4 Å². The maximum absolute atomic E-state index is 15.0. The second-order valence-corrected chi connectivity index (χ2v) is 16.9. The maximum Gasteiger partial charge on any atom is 0.435 e. The molecule has 1 aliphatic rings. The van der Waals surface area contributed by atoms with Gasteiger partial charge in [0.25, 0.3) is 11.8 Å². The summed E-state index contributed by atoms with van der Waals surface area (Å²) in [5, 5.41) is 10.8. The maximum atomic E-state index is 15.0. The molecule has 0 aliphatic heterocycles. The lowest BCUT2D eigenvalue weighted by Gasteiger charge is -2.23. The molecule has 2 N–H and O–H groups in total. The van der Waals surface area contributed by atoms with Crippen LogP contribution in [0.5, 0.6) is 0 Å². The summed E-state index contributed by atoms with van der Waals surface area (Å²) >= 11 is 9.22. The van der Waals surface area contributed by atoms with E-state index in [9.17, 15) is 35.5 Å².